The number of rotatable bonds is 6. The molecule has 1 aromatic carbocycles. The van der Waals surface area contributed by atoms with Crippen molar-refractivity contribution in [3.05, 3.63) is 66.6 Å². The lowest BCUT2D eigenvalue weighted by molar-refractivity contribution is 0.0742. The van der Waals surface area contributed by atoms with Gasteiger partial charge >= 0.3 is 0 Å². The Kier molecular flexibility index (Phi) is 6.22. The fourth-order valence-corrected chi connectivity index (χ4v) is 4.45. The minimum Gasteiger partial charge on any atom is -0.351 e. The summed E-state index contributed by atoms with van der Waals surface area (Å²) in [7, 11) is 4.05. The molecule has 0 spiro atoms. The minimum absolute atomic E-state index is 0.0241. The van der Waals surface area contributed by atoms with E-state index in [9.17, 15) is 4.79 Å². The van der Waals surface area contributed by atoms with Gasteiger partial charge in [0.2, 0.25) is 5.95 Å². The number of carbonyl (C=O) groups excluding carboxylic acids is 1. The average molecular weight is 456 g/mol. The predicted molar refractivity (Wildman–Crippen MR) is 134 cm³/mol. The van der Waals surface area contributed by atoms with Crippen molar-refractivity contribution in [1.82, 2.24) is 29.7 Å². The van der Waals surface area contributed by atoms with Crippen LogP contribution in [-0.4, -0.2) is 69.4 Å². The van der Waals surface area contributed by atoms with Crippen molar-refractivity contribution in [2.75, 3.05) is 39.0 Å². The molecule has 1 aliphatic heterocycles. The molecule has 8 heteroatoms. The van der Waals surface area contributed by atoms with Gasteiger partial charge in [0.1, 0.15) is 5.69 Å². The average Bonchev–Trinajstić information content (AvgIpc) is 3.29. The standard InChI is InChI=1S/C26H29N7O/c1-32-13-9-18(10-14-32)17-33(2)25(34)24-16-19-15-20(6-7-21(19)30-24)29-26-28-12-8-23(31-26)22-5-3-4-11-27-22/h3-8,11-12,15-16,18,30H,9-10,13-14,17H2,1-2H3,(H,28,29,31). The van der Waals surface area contributed by atoms with Crippen LogP contribution in [0.15, 0.2) is 60.9 Å². The third kappa shape index (κ3) is 4.92. The normalized spacial score (nSPS) is 14.9. The number of anilines is 2. The van der Waals surface area contributed by atoms with E-state index in [1.807, 2.05) is 60.5 Å². The van der Waals surface area contributed by atoms with Gasteiger partial charge in [0.15, 0.2) is 0 Å². The molecular weight excluding hydrogens is 426 g/mol. The number of pyridine rings is 1. The van der Waals surface area contributed by atoms with Crippen LogP contribution in [0.5, 0.6) is 0 Å². The molecule has 0 atom stereocenters. The second kappa shape index (κ2) is 9.61. The first kappa shape index (κ1) is 22.0. The summed E-state index contributed by atoms with van der Waals surface area (Å²) < 4.78 is 0. The van der Waals surface area contributed by atoms with Gasteiger partial charge in [-0.3, -0.25) is 9.78 Å². The first-order chi connectivity index (χ1) is 16.5. The molecule has 4 aromatic rings. The number of hydrogen-bond donors (Lipinski definition) is 2. The number of nitrogens with zero attached hydrogens (tertiary/aromatic N) is 5. The third-order valence-corrected chi connectivity index (χ3v) is 6.41. The number of likely N-dealkylation sites (tertiary alicyclic amines) is 1. The number of nitrogens with one attached hydrogen (secondary N) is 2. The summed E-state index contributed by atoms with van der Waals surface area (Å²) in [5.74, 6) is 1.08. The topological polar surface area (TPSA) is 90.0 Å². The highest BCUT2D eigenvalue weighted by atomic mass is 16.2. The maximum absolute atomic E-state index is 13.0. The largest absolute Gasteiger partial charge is 0.351 e. The Bertz CT molecular complexity index is 1280. The van der Waals surface area contributed by atoms with Crippen molar-refractivity contribution in [2.24, 2.45) is 5.92 Å². The molecule has 5 rings (SSSR count). The van der Waals surface area contributed by atoms with Crippen LogP contribution >= 0.6 is 0 Å². The smallest absolute Gasteiger partial charge is 0.270 e. The fraction of sp³-hybridized carbons (Fsp3) is 0.308. The van der Waals surface area contributed by atoms with E-state index in [0.29, 0.717) is 17.6 Å². The summed E-state index contributed by atoms with van der Waals surface area (Å²) in [5.41, 5.74) is 3.92. The molecule has 2 N–H and O–H groups in total. The monoisotopic (exact) mass is 455 g/mol. The number of H-pyrrole nitrogens is 1. The molecule has 174 valence electrons. The molecule has 1 aliphatic rings. The highest BCUT2D eigenvalue weighted by Gasteiger charge is 2.22. The van der Waals surface area contributed by atoms with E-state index in [4.69, 9.17) is 0 Å². The maximum Gasteiger partial charge on any atom is 0.270 e. The Labute approximate surface area is 199 Å². The van der Waals surface area contributed by atoms with E-state index in [1.54, 1.807) is 12.4 Å². The quantitative estimate of drug-likeness (QED) is 0.453. The number of carbonyl (C=O) groups is 1. The zero-order valence-corrected chi connectivity index (χ0v) is 19.5. The van der Waals surface area contributed by atoms with Gasteiger partial charge < -0.3 is 20.1 Å². The van der Waals surface area contributed by atoms with Crippen LogP contribution in [0, 0.1) is 5.92 Å². The highest BCUT2D eigenvalue weighted by molar-refractivity contribution is 5.98. The molecule has 1 amide bonds. The van der Waals surface area contributed by atoms with E-state index >= 15 is 0 Å². The number of piperidine rings is 1. The Hall–Kier alpha value is -3.78. The van der Waals surface area contributed by atoms with E-state index < -0.39 is 0 Å². The lowest BCUT2D eigenvalue weighted by Gasteiger charge is -2.31. The maximum atomic E-state index is 13.0. The van der Waals surface area contributed by atoms with Crippen LogP contribution in [0.25, 0.3) is 22.3 Å². The van der Waals surface area contributed by atoms with Gasteiger partial charge in [-0.15, -0.1) is 0 Å². The molecule has 0 aliphatic carbocycles. The summed E-state index contributed by atoms with van der Waals surface area (Å²) in [6.07, 6.45) is 5.73. The van der Waals surface area contributed by atoms with Gasteiger partial charge in [-0.25, -0.2) is 9.97 Å². The molecular formula is C26H29N7O. The number of amides is 1. The number of fused-ring (bicyclic) bond motifs is 1. The van der Waals surface area contributed by atoms with Gasteiger partial charge in [-0.05, 0) is 81.4 Å². The molecule has 4 heterocycles. The van der Waals surface area contributed by atoms with Crippen LogP contribution < -0.4 is 5.32 Å². The number of benzene rings is 1. The van der Waals surface area contributed by atoms with Crippen molar-refractivity contribution in [3.8, 4) is 11.4 Å². The van der Waals surface area contributed by atoms with Gasteiger partial charge in [0.05, 0.1) is 11.4 Å². The molecule has 0 radical (unpaired) electrons. The van der Waals surface area contributed by atoms with Gasteiger partial charge in [-0.1, -0.05) is 6.07 Å². The number of aromatic nitrogens is 4. The Morgan fingerprint density at radius 1 is 1.09 bits per heavy atom. The van der Waals surface area contributed by atoms with Crippen LogP contribution in [0.3, 0.4) is 0 Å². The van der Waals surface area contributed by atoms with Crippen molar-refractivity contribution < 1.29 is 4.79 Å². The minimum atomic E-state index is 0.0241. The summed E-state index contributed by atoms with van der Waals surface area (Å²) >= 11 is 0. The van der Waals surface area contributed by atoms with Crippen LogP contribution in [-0.2, 0) is 0 Å². The van der Waals surface area contributed by atoms with Crippen molar-refractivity contribution >= 4 is 28.4 Å². The molecule has 3 aromatic heterocycles. The molecule has 0 unspecified atom stereocenters. The van der Waals surface area contributed by atoms with Gasteiger partial charge in [0.25, 0.3) is 5.91 Å². The van der Waals surface area contributed by atoms with Crippen LogP contribution in [0.1, 0.15) is 23.3 Å². The molecule has 0 saturated carbocycles. The van der Waals surface area contributed by atoms with E-state index in [1.165, 1.54) is 0 Å². The molecule has 1 fully saturated rings. The molecule has 1 saturated heterocycles. The van der Waals surface area contributed by atoms with Crippen LogP contribution in [0.2, 0.25) is 0 Å². The molecule has 34 heavy (non-hydrogen) atoms. The molecule has 0 bridgehead atoms. The lowest BCUT2D eigenvalue weighted by atomic mass is 9.96. The highest BCUT2D eigenvalue weighted by Crippen LogP contribution is 2.24. The zero-order chi connectivity index (χ0) is 23.5. The third-order valence-electron chi connectivity index (χ3n) is 6.41. The second-order valence-electron chi connectivity index (χ2n) is 9.02. The van der Waals surface area contributed by atoms with E-state index in [0.717, 1.165) is 60.5 Å². The SMILES string of the molecule is CN1CCC(CN(C)C(=O)c2cc3cc(Nc4nccc(-c5ccccn5)n4)ccc3[nH]2)CC1. The van der Waals surface area contributed by atoms with E-state index in [2.05, 4.69) is 37.2 Å². The van der Waals surface area contributed by atoms with Crippen molar-refractivity contribution in [1.29, 1.82) is 0 Å². The van der Waals surface area contributed by atoms with Gasteiger partial charge in [0, 0.05) is 42.6 Å². The zero-order valence-electron chi connectivity index (χ0n) is 19.5. The lowest BCUT2D eigenvalue weighted by Crippen LogP contribution is -2.38. The Morgan fingerprint density at radius 2 is 1.94 bits per heavy atom. The van der Waals surface area contributed by atoms with E-state index in [-0.39, 0.29) is 5.91 Å². The predicted octanol–water partition coefficient (Wildman–Crippen LogP) is 4.18. The summed E-state index contributed by atoms with van der Waals surface area (Å²) in [4.78, 5) is 33.8. The number of aromatic amines is 1. The summed E-state index contributed by atoms with van der Waals surface area (Å²) in [5, 5.41) is 4.22. The van der Waals surface area contributed by atoms with Crippen molar-refractivity contribution in [3.63, 3.8) is 0 Å². The van der Waals surface area contributed by atoms with Gasteiger partial charge in [-0.2, -0.15) is 0 Å². The first-order valence-corrected chi connectivity index (χ1v) is 11.6. The fourth-order valence-electron chi connectivity index (χ4n) is 4.45. The van der Waals surface area contributed by atoms with Crippen LogP contribution in [0.4, 0.5) is 11.6 Å². The molecule has 8 nitrogen and oxygen atoms in total. The Morgan fingerprint density at radius 3 is 2.74 bits per heavy atom. The number of hydrogen-bond acceptors (Lipinski definition) is 6. The van der Waals surface area contributed by atoms with Crippen molar-refractivity contribution in [2.45, 2.75) is 12.8 Å². The summed E-state index contributed by atoms with van der Waals surface area (Å²) in [6, 6.07) is 15.4. The Balaban J connectivity index is 1.29. The first-order valence-electron chi connectivity index (χ1n) is 11.6. The summed E-state index contributed by atoms with van der Waals surface area (Å²) in [6.45, 7) is 2.99. The second-order valence-corrected chi connectivity index (χ2v) is 9.02.